The Balaban J connectivity index is 1.33. The van der Waals surface area contributed by atoms with Gasteiger partial charge in [-0.3, -0.25) is 14.5 Å². The Morgan fingerprint density at radius 2 is 1.97 bits per heavy atom. The predicted octanol–water partition coefficient (Wildman–Crippen LogP) is 4.98. The van der Waals surface area contributed by atoms with Crippen LogP contribution in [0.25, 0.3) is 17.3 Å². The van der Waals surface area contributed by atoms with E-state index in [-0.39, 0.29) is 24.1 Å². The van der Waals surface area contributed by atoms with E-state index in [4.69, 9.17) is 21.6 Å². The summed E-state index contributed by atoms with van der Waals surface area (Å²) in [4.78, 5) is 27.5. The summed E-state index contributed by atoms with van der Waals surface area (Å²) in [6.07, 6.45) is 2.43. The third-order valence-electron chi connectivity index (χ3n) is 5.47. The molecule has 2 amide bonds. The van der Waals surface area contributed by atoms with Crippen molar-refractivity contribution in [3.8, 4) is 17.0 Å². The Bertz CT molecular complexity index is 1300. The van der Waals surface area contributed by atoms with Crippen LogP contribution in [0.1, 0.15) is 29.5 Å². The fourth-order valence-corrected chi connectivity index (χ4v) is 4.88. The Labute approximate surface area is 212 Å². The van der Waals surface area contributed by atoms with Crippen LogP contribution in [0.2, 0.25) is 0 Å². The molecule has 8 nitrogen and oxygen atoms in total. The zero-order chi connectivity index (χ0) is 24.9. The van der Waals surface area contributed by atoms with E-state index in [0.29, 0.717) is 27.9 Å². The predicted molar refractivity (Wildman–Crippen MR) is 140 cm³/mol. The number of amides is 2. The third kappa shape index (κ3) is 5.77. The molecule has 1 aliphatic rings. The quantitative estimate of drug-likeness (QED) is 0.336. The van der Waals surface area contributed by atoms with Crippen molar-refractivity contribution in [2.45, 2.75) is 26.7 Å². The SMILES string of the molecule is COc1ccc(/C=C2\SC(=S)N(CCCC(=O)Nc3nonc3-c3cc(C)ccc3C)C2=O)cc1. The van der Waals surface area contributed by atoms with Crippen molar-refractivity contribution >= 4 is 52.0 Å². The van der Waals surface area contributed by atoms with Crippen LogP contribution < -0.4 is 10.1 Å². The highest BCUT2D eigenvalue weighted by atomic mass is 32.2. The molecule has 0 aliphatic carbocycles. The van der Waals surface area contributed by atoms with Crippen molar-refractivity contribution in [1.29, 1.82) is 0 Å². The number of carbonyl (C=O) groups excluding carboxylic acids is 2. The van der Waals surface area contributed by atoms with Crippen molar-refractivity contribution in [2.75, 3.05) is 19.0 Å². The number of anilines is 1. The number of benzene rings is 2. The Morgan fingerprint density at radius 3 is 2.71 bits per heavy atom. The van der Waals surface area contributed by atoms with E-state index in [1.54, 1.807) is 13.2 Å². The molecule has 180 valence electrons. The second-order valence-electron chi connectivity index (χ2n) is 8.04. The lowest BCUT2D eigenvalue weighted by molar-refractivity contribution is -0.122. The molecule has 1 N–H and O–H groups in total. The standard InChI is InChI=1S/C25H24N4O4S2/c1-15-6-7-16(2)19(13-15)22-23(28-33-27-22)26-21(30)5-4-12-29-24(31)20(35-25(29)34)14-17-8-10-18(32-3)11-9-17/h6-11,13-14H,4-5,12H2,1-3H3,(H,26,28,30)/b20-14-. The summed E-state index contributed by atoms with van der Waals surface area (Å²) in [5.74, 6) is 0.618. The van der Waals surface area contributed by atoms with Crippen LogP contribution in [0.4, 0.5) is 5.82 Å². The molecule has 1 aliphatic heterocycles. The zero-order valence-corrected chi connectivity index (χ0v) is 21.2. The van der Waals surface area contributed by atoms with Gasteiger partial charge >= 0.3 is 0 Å². The first-order valence-corrected chi connectivity index (χ1v) is 12.2. The highest BCUT2D eigenvalue weighted by molar-refractivity contribution is 8.26. The van der Waals surface area contributed by atoms with Gasteiger partial charge in [0.1, 0.15) is 10.1 Å². The van der Waals surface area contributed by atoms with Gasteiger partial charge in [-0.05, 0) is 66.0 Å². The highest BCUT2D eigenvalue weighted by Gasteiger charge is 2.31. The number of methoxy groups -OCH3 is 1. The van der Waals surface area contributed by atoms with Crippen molar-refractivity contribution in [2.24, 2.45) is 0 Å². The molecule has 35 heavy (non-hydrogen) atoms. The van der Waals surface area contributed by atoms with E-state index >= 15 is 0 Å². The van der Waals surface area contributed by atoms with Gasteiger partial charge < -0.3 is 10.1 Å². The number of ether oxygens (including phenoxy) is 1. The first-order valence-electron chi connectivity index (χ1n) is 10.9. The van der Waals surface area contributed by atoms with Gasteiger partial charge in [0, 0.05) is 18.5 Å². The fourth-order valence-electron chi connectivity index (χ4n) is 3.57. The molecule has 0 atom stereocenters. The number of thioether (sulfide) groups is 1. The van der Waals surface area contributed by atoms with Crippen LogP contribution in [0.5, 0.6) is 5.75 Å². The first-order chi connectivity index (χ1) is 16.9. The second kappa shape index (κ2) is 10.8. The number of hydrogen-bond donors (Lipinski definition) is 1. The van der Waals surface area contributed by atoms with Gasteiger partial charge in [0.15, 0.2) is 5.69 Å². The highest BCUT2D eigenvalue weighted by Crippen LogP contribution is 2.33. The van der Waals surface area contributed by atoms with Crippen LogP contribution in [0.3, 0.4) is 0 Å². The smallest absolute Gasteiger partial charge is 0.266 e. The first kappa shape index (κ1) is 24.6. The van der Waals surface area contributed by atoms with Gasteiger partial charge in [-0.1, -0.05) is 53.8 Å². The van der Waals surface area contributed by atoms with Gasteiger partial charge in [0.25, 0.3) is 5.91 Å². The summed E-state index contributed by atoms with van der Waals surface area (Å²) in [6.45, 7) is 4.29. The van der Waals surface area contributed by atoms with Gasteiger partial charge in [0.2, 0.25) is 11.7 Å². The summed E-state index contributed by atoms with van der Waals surface area (Å²) >= 11 is 6.65. The maximum Gasteiger partial charge on any atom is 0.266 e. The van der Waals surface area contributed by atoms with Crippen LogP contribution in [0, 0.1) is 13.8 Å². The summed E-state index contributed by atoms with van der Waals surface area (Å²) in [5.41, 5.74) is 4.28. The van der Waals surface area contributed by atoms with E-state index in [9.17, 15) is 9.59 Å². The van der Waals surface area contributed by atoms with Crippen molar-refractivity contribution in [3.63, 3.8) is 0 Å². The molecule has 1 fully saturated rings. The van der Waals surface area contributed by atoms with E-state index in [0.717, 1.165) is 28.0 Å². The Kier molecular flexibility index (Phi) is 7.62. The Hall–Kier alpha value is -3.50. The average Bonchev–Trinajstić information content (AvgIpc) is 3.40. The second-order valence-corrected chi connectivity index (χ2v) is 9.71. The number of hydrogen-bond acceptors (Lipinski definition) is 8. The number of aromatic nitrogens is 2. The molecular weight excluding hydrogens is 484 g/mol. The lowest BCUT2D eigenvalue weighted by Gasteiger charge is -2.14. The zero-order valence-electron chi connectivity index (χ0n) is 19.5. The fraction of sp³-hybridized carbons (Fsp3) is 0.240. The molecule has 0 saturated carbocycles. The minimum atomic E-state index is -0.244. The number of aryl methyl sites for hydroxylation is 2. The molecule has 0 unspecified atom stereocenters. The van der Waals surface area contributed by atoms with E-state index in [1.807, 2.05) is 56.3 Å². The molecule has 10 heteroatoms. The molecule has 0 spiro atoms. The number of rotatable bonds is 8. The monoisotopic (exact) mass is 508 g/mol. The summed E-state index contributed by atoms with van der Waals surface area (Å²) in [6, 6.07) is 13.4. The van der Waals surface area contributed by atoms with Crippen molar-refractivity contribution in [1.82, 2.24) is 15.2 Å². The molecule has 3 aromatic rings. The van der Waals surface area contributed by atoms with Crippen LogP contribution >= 0.6 is 24.0 Å². The van der Waals surface area contributed by atoms with Crippen LogP contribution in [-0.2, 0) is 9.59 Å². The van der Waals surface area contributed by atoms with Gasteiger partial charge in [-0.2, -0.15) is 0 Å². The number of nitrogens with zero attached hydrogens (tertiary/aromatic N) is 3. The lowest BCUT2D eigenvalue weighted by Crippen LogP contribution is -2.29. The van der Waals surface area contributed by atoms with Crippen molar-refractivity contribution in [3.05, 3.63) is 64.1 Å². The molecule has 1 saturated heterocycles. The van der Waals surface area contributed by atoms with Crippen molar-refractivity contribution < 1.29 is 19.0 Å². The number of thiocarbonyl (C=S) groups is 1. The molecule has 1 aromatic heterocycles. The van der Waals surface area contributed by atoms with Gasteiger partial charge in [0.05, 0.1) is 12.0 Å². The van der Waals surface area contributed by atoms with Gasteiger partial charge in [-0.25, -0.2) is 4.63 Å². The number of nitrogens with one attached hydrogen (secondary N) is 1. The lowest BCUT2D eigenvalue weighted by atomic mass is 10.0. The Morgan fingerprint density at radius 1 is 1.20 bits per heavy atom. The molecule has 0 radical (unpaired) electrons. The summed E-state index contributed by atoms with van der Waals surface area (Å²) < 4.78 is 10.5. The van der Waals surface area contributed by atoms with Crippen LogP contribution in [0.15, 0.2) is 52.0 Å². The maximum atomic E-state index is 12.8. The molecule has 4 rings (SSSR count). The van der Waals surface area contributed by atoms with E-state index < -0.39 is 0 Å². The summed E-state index contributed by atoms with van der Waals surface area (Å²) in [7, 11) is 1.60. The molecular formula is C25H24N4O4S2. The number of carbonyl (C=O) groups is 2. The molecule has 2 aromatic carbocycles. The van der Waals surface area contributed by atoms with E-state index in [2.05, 4.69) is 15.6 Å². The molecule has 0 bridgehead atoms. The largest absolute Gasteiger partial charge is 0.497 e. The molecule has 2 heterocycles. The van der Waals surface area contributed by atoms with Gasteiger partial charge in [-0.15, -0.1) is 0 Å². The minimum Gasteiger partial charge on any atom is -0.497 e. The average molecular weight is 509 g/mol. The minimum absolute atomic E-state index is 0.158. The normalized spacial score (nSPS) is 14.6. The third-order valence-corrected chi connectivity index (χ3v) is 6.85. The van der Waals surface area contributed by atoms with Crippen LogP contribution in [-0.4, -0.2) is 45.0 Å². The maximum absolute atomic E-state index is 12.8. The summed E-state index contributed by atoms with van der Waals surface area (Å²) in [5, 5.41) is 10.6. The topological polar surface area (TPSA) is 97.6 Å². The van der Waals surface area contributed by atoms with E-state index in [1.165, 1.54) is 16.7 Å².